The summed E-state index contributed by atoms with van der Waals surface area (Å²) in [4.78, 5) is 15.0. The minimum Gasteiger partial charge on any atom is -0.465 e. The molecule has 0 spiro atoms. The second kappa shape index (κ2) is 9.24. The molecule has 154 valence electrons. The quantitative estimate of drug-likeness (QED) is 0.505. The van der Waals surface area contributed by atoms with Crippen LogP contribution in [-0.4, -0.2) is 43.2 Å². The van der Waals surface area contributed by atoms with Gasteiger partial charge in [-0.1, -0.05) is 91.0 Å². The van der Waals surface area contributed by atoms with Crippen LogP contribution in [0.3, 0.4) is 0 Å². The van der Waals surface area contributed by atoms with Crippen molar-refractivity contribution in [2.24, 2.45) is 0 Å². The van der Waals surface area contributed by atoms with Crippen LogP contribution in [0.1, 0.15) is 23.6 Å². The number of nitrogens with one attached hydrogen (secondary N) is 1. The highest BCUT2D eigenvalue weighted by molar-refractivity contribution is 5.76. The van der Waals surface area contributed by atoms with Gasteiger partial charge in [0.25, 0.3) is 0 Å². The van der Waals surface area contributed by atoms with Crippen LogP contribution >= 0.6 is 0 Å². The van der Waals surface area contributed by atoms with Crippen LogP contribution in [0.25, 0.3) is 0 Å². The molecular weight excluding hydrogens is 372 g/mol. The predicted octanol–water partition coefficient (Wildman–Crippen LogP) is 3.82. The van der Waals surface area contributed by atoms with E-state index in [4.69, 9.17) is 4.74 Å². The summed E-state index contributed by atoms with van der Waals surface area (Å²) in [5.74, 6) is -0.190. The van der Waals surface area contributed by atoms with Crippen molar-refractivity contribution in [1.29, 1.82) is 0 Å². The second-order valence-electron chi connectivity index (χ2n) is 7.51. The van der Waals surface area contributed by atoms with Crippen LogP contribution in [0, 0.1) is 0 Å². The summed E-state index contributed by atoms with van der Waals surface area (Å²) in [7, 11) is 0. The van der Waals surface area contributed by atoms with Crippen LogP contribution in [0.2, 0.25) is 0 Å². The zero-order chi connectivity index (χ0) is 20.8. The number of carbonyl (C=O) groups excluding carboxylic acids is 1. The summed E-state index contributed by atoms with van der Waals surface area (Å²) in [5, 5.41) is 3.34. The van der Waals surface area contributed by atoms with Crippen molar-refractivity contribution in [3.05, 3.63) is 108 Å². The lowest BCUT2D eigenvalue weighted by atomic mass is 9.75. The minimum absolute atomic E-state index is 0.190. The summed E-state index contributed by atoms with van der Waals surface area (Å²) in [5.41, 5.74) is 3.06. The fraction of sp³-hybridized carbons (Fsp3) is 0.269. The number of nitrogens with zero attached hydrogens (tertiary/aromatic N) is 1. The molecule has 4 nitrogen and oxygen atoms in total. The Morgan fingerprint density at radius 1 is 0.900 bits per heavy atom. The van der Waals surface area contributed by atoms with Crippen molar-refractivity contribution in [2.75, 3.05) is 26.2 Å². The van der Waals surface area contributed by atoms with E-state index in [0.717, 1.165) is 13.1 Å². The van der Waals surface area contributed by atoms with Crippen molar-refractivity contribution in [1.82, 2.24) is 10.2 Å². The SMILES string of the molecule is CCOC(=O)C1CN(C(c2ccccc2)(c2ccccc2)c2ccccc2)CCN1. The molecule has 0 radical (unpaired) electrons. The summed E-state index contributed by atoms with van der Waals surface area (Å²) < 4.78 is 5.33. The van der Waals surface area contributed by atoms with Gasteiger partial charge in [0.2, 0.25) is 0 Å². The second-order valence-corrected chi connectivity index (χ2v) is 7.51. The number of hydrogen-bond donors (Lipinski definition) is 1. The van der Waals surface area contributed by atoms with E-state index in [2.05, 4.69) is 83.0 Å². The highest BCUT2D eigenvalue weighted by Crippen LogP contribution is 2.42. The van der Waals surface area contributed by atoms with E-state index >= 15 is 0 Å². The molecule has 1 aliphatic rings. The average molecular weight is 401 g/mol. The molecule has 1 heterocycles. The number of piperazine rings is 1. The molecule has 0 aliphatic carbocycles. The molecule has 0 bridgehead atoms. The molecule has 4 heteroatoms. The molecule has 3 aromatic rings. The minimum atomic E-state index is -0.503. The van der Waals surface area contributed by atoms with Gasteiger partial charge in [-0.15, -0.1) is 0 Å². The Balaban J connectivity index is 1.90. The summed E-state index contributed by atoms with van der Waals surface area (Å²) in [6, 6.07) is 31.4. The van der Waals surface area contributed by atoms with Gasteiger partial charge >= 0.3 is 5.97 Å². The van der Waals surface area contributed by atoms with Crippen LogP contribution in [0.5, 0.6) is 0 Å². The molecule has 1 saturated heterocycles. The smallest absolute Gasteiger partial charge is 0.324 e. The number of hydrogen-bond acceptors (Lipinski definition) is 4. The Bertz CT molecular complexity index is 848. The lowest BCUT2D eigenvalue weighted by Crippen LogP contribution is -2.61. The summed E-state index contributed by atoms with van der Waals surface area (Å²) >= 11 is 0. The zero-order valence-corrected chi connectivity index (χ0v) is 17.3. The third-order valence-electron chi connectivity index (χ3n) is 5.80. The lowest BCUT2D eigenvalue weighted by Gasteiger charge is -2.48. The topological polar surface area (TPSA) is 41.6 Å². The third-order valence-corrected chi connectivity index (χ3v) is 5.80. The number of esters is 1. The van der Waals surface area contributed by atoms with Crippen molar-refractivity contribution in [3.63, 3.8) is 0 Å². The molecule has 1 atom stereocenters. The van der Waals surface area contributed by atoms with Crippen LogP contribution in [-0.2, 0) is 15.1 Å². The van der Waals surface area contributed by atoms with Gasteiger partial charge in [0.15, 0.2) is 0 Å². The third kappa shape index (κ3) is 3.76. The standard InChI is InChI=1S/C26H28N2O2/c1-2-30-25(29)24-20-28(19-18-27-24)26(21-12-6-3-7-13-21,22-14-8-4-9-15-22)23-16-10-5-11-17-23/h3-17,24,27H,2,18-20H2,1H3. The molecule has 0 saturated carbocycles. The predicted molar refractivity (Wildman–Crippen MR) is 119 cm³/mol. The molecule has 1 fully saturated rings. The van der Waals surface area contributed by atoms with Crippen LogP contribution in [0.15, 0.2) is 91.0 Å². The van der Waals surface area contributed by atoms with E-state index in [9.17, 15) is 4.79 Å². The van der Waals surface area contributed by atoms with Crippen molar-refractivity contribution in [2.45, 2.75) is 18.5 Å². The maximum absolute atomic E-state index is 12.6. The first-order chi connectivity index (χ1) is 14.8. The Kier molecular flexibility index (Phi) is 6.26. The van der Waals surface area contributed by atoms with E-state index in [-0.39, 0.29) is 12.0 Å². The van der Waals surface area contributed by atoms with Crippen LogP contribution < -0.4 is 5.32 Å². The maximum atomic E-state index is 12.6. The van der Waals surface area contributed by atoms with Gasteiger partial charge in [-0.05, 0) is 23.6 Å². The zero-order valence-electron chi connectivity index (χ0n) is 17.3. The average Bonchev–Trinajstić information content (AvgIpc) is 2.82. The molecule has 1 aliphatic heterocycles. The van der Waals surface area contributed by atoms with Gasteiger partial charge < -0.3 is 10.1 Å². The first kappa shape index (κ1) is 20.3. The van der Waals surface area contributed by atoms with E-state index in [1.165, 1.54) is 16.7 Å². The van der Waals surface area contributed by atoms with Gasteiger partial charge in [0.05, 0.1) is 12.1 Å². The van der Waals surface area contributed by atoms with Gasteiger partial charge in [-0.25, -0.2) is 0 Å². The first-order valence-electron chi connectivity index (χ1n) is 10.6. The Hall–Kier alpha value is -2.95. The highest BCUT2D eigenvalue weighted by Gasteiger charge is 2.44. The van der Waals surface area contributed by atoms with E-state index in [0.29, 0.717) is 13.2 Å². The summed E-state index contributed by atoms with van der Waals surface area (Å²) in [6.07, 6.45) is 0. The molecular formula is C26H28N2O2. The molecule has 0 aromatic heterocycles. The normalized spacial score (nSPS) is 17.4. The monoisotopic (exact) mass is 400 g/mol. The van der Waals surface area contributed by atoms with Gasteiger partial charge in [-0.3, -0.25) is 9.69 Å². The number of ether oxygens (including phenoxy) is 1. The lowest BCUT2D eigenvalue weighted by molar-refractivity contribution is -0.147. The Labute approximate surface area is 178 Å². The van der Waals surface area contributed by atoms with Gasteiger partial charge in [0.1, 0.15) is 6.04 Å². The summed E-state index contributed by atoms with van der Waals surface area (Å²) in [6.45, 7) is 4.34. The molecule has 4 rings (SSSR count). The maximum Gasteiger partial charge on any atom is 0.324 e. The number of benzene rings is 3. The Morgan fingerprint density at radius 2 is 1.37 bits per heavy atom. The fourth-order valence-corrected chi connectivity index (χ4v) is 4.54. The Morgan fingerprint density at radius 3 is 1.80 bits per heavy atom. The van der Waals surface area contributed by atoms with E-state index in [1.54, 1.807) is 0 Å². The molecule has 30 heavy (non-hydrogen) atoms. The van der Waals surface area contributed by atoms with E-state index < -0.39 is 5.54 Å². The van der Waals surface area contributed by atoms with Crippen LogP contribution in [0.4, 0.5) is 0 Å². The number of rotatable bonds is 6. The van der Waals surface area contributed by atoms with E-state index in [1.807, 2.05) is 25.1 Å². The largest absolute Gasteiger partial charge is 0.465 e. The number of carbonyl (C=O) groups is 1. The van der Waals surface area contributed by atoms with Gasteiger partial charge in [0, 0.05) is 19.6 Å². The van der Waals surface area contributed by atoms with Crippen molar-refractivity contribution < 1.29 is 9.53 Å². The molecule has 0 amide bonds. The van der Waals surface area contributed by atoms with Gasteiger partial charge in [-0.2, -0.15) is 0 Å². The van der Waals surface area contributed by atoms with Crippen molar-refractivity contribution >= 4 is 5.97 Å². The molecule has 1 unspecified atom stereocenters. The molecule has 3 aromatic carbocycles. The fourth-order valence-electron chi connectivity index (χ4n) is 4.54. The van der Waals surface area contributed by atoms with Crippen molar-refractivity contribution in [3.8, 4) is 0 Å². The highest BCUT2D eigenvalue weighted by atomic mass is 16.5. The first-order valence-corrected chi connectivity index (χ1v) is 10.6. The molecule has 1 N–H and O–H groups in total.